The summed E-state index contributed by atoms with van der Waals surface area (Å²) < 4.78 is 6.00. The Hall–Kier alpha value is -2.86. The van der Waals surface area contributed by atoms with Gasteiger partial charge < -0.3 is 9.84 Å². The van der Waals surface area contributed by atoms with Crippen LogP contribution in [0.5, 0.6) is 0 Å². The highest BCUT2D eigenvalue weighted by molar-refractivity contribution is 7.20. The number of carbonyl (C=O) groups is 2. The lowest BCUT2D eigenvalue weighted by Gasteiger charge is -2.07. The fourth-order valence-corrected chi connectivity index (χ4v) is 2.99. The number of hydrogen-bond acceptors (Lipinski definition) is 4. The monoisotopic (exact) mass is 327 g/mol. The number of amides is 1. The van der Waals surface area contributed by atoms with E-state index in [0.717, 1.165) is 15.6 Å². The number of carboxylic acid groups (broad SMARTS) is 1. The van der Waals surface area contributed by atoms with E-state index < -0.39 is 12.1 Å². The topological polar surface area (TPSA) is 75.6 Å². The zero-order chi connectivity index (χ0) is 16.2. The van der Waals surface area contributed by atoms with Crippen LogP contribution < -0.4 is 5.32 Å². The number of anilines is 1. The van der Waals surface area contributed by atoms with Crippen LogP contribution in [-0.4, -0.2) is 17.2 Å². The van der Waals surface area contributed by atoms with Crippen molar-refractivity contribution in [1.29, 1.82) is 0 Å². The summed E-state index contributed by atoms with van der Waals surface area (Å²) in [6.07, 6.45) is -0.554. The van der Waals surface area contributed by atoms with E-state index in [1.165, 1.54) is 11.3 Å². The van der Waals surface area contributed by atoms with E-state index in [1.807, 2.05) is 30.3 Å². The Bertz CT molecular complexity index is 857. The maximum atomic E-state index is 11.8. The Kier molecular flexibility index (Phi) is 4.25. The average molecular weight is 327 g/mol. The molecule has 1 amide bonds. The molecule has 116 valence electrons. The van der Waals surface area contributed by atoms with Gasteiger partial charge in [0.1, 0.15) is 11.5 Å². The largest absolute Gasteiger partial charge is 0.477 e. The number of carboxylic acids is 1. The van der Waals surface area contributed by atoms with Gasteiger partial charge in [0.05, 0.1) is 0 Å². The molecule has 5 nitrogen and oxygen atoms in total. The van der Waals surface area contributed by atoms with Gasteiger partial charge in [0.2, 0.25) is 0 Å². The first-order chi connectivity index (χ1) is 11.1. The van der Waals surface area contributed by atoms with Crippen LogP contribution in [0.4, 0.5) is 10.5 Å². The number of aromatic carboxylic acids is 1. The molecule has 1 heterocycles. The number of thiophene rings is 1. The molecule has 0 aliphatic carbocycles. The van der Waals surface area contributed by atoms with E-state index in [1.54, 1.807) is 24.3 Å². The molecule has 0 atom stereocenters. The quantitative estimate of drug-likeness (QED) is 0.747. The van der Waals surface area contributed by atoms with Crippen molar-refractivity contribution in [2.45, 2.75) is 6.61 Å². The lowest BCUT2D eigenvalue weighted by atomic mass is 10.2. The minimum absolute atomic E-state index is 0.191. The van der Waals surface area contributed by atoms with Gasteiger partial charge in [-0.3, -0.25) is 5.32 Å². The molecule has 0 unspecified atom stereocenters. The third-order valence-corrected chi connectivity index (χ3v) is 4.29. The summed E-state index contributed by atoms with van der Waals surface area (Å²) in [6.45, 7) is 0.191. The van der Waals surface area contributed by atoms with Crippen LogP contribution >= 0.6 is 11.3 Å². The Morgan fingerprint density at radius 1 is 1.09 bits per heavy atom. The summed E-state index contributed by atoms with van der Waals surface area (Å²) in [4.78, 5) is 23.1. The first-order valence-corrected chi connectivity index (χ1v) is 7.68. The molecule has 0 bridgehead atoms. The molecule has 0 radical (unpaired) electrons. The van der Waals surface area contributed by atoms with Crippen molar-refractivity contribution in [3.63, 3.8) is 0 Å². The minimum Gasteiger partial charge on any atom is -0.477 e. The highest BCUT2D eigenvalue weighted by Gasteiger charge is 2.10. The maximum absolute atomic E-state index is 11.8. The van der Waals surface area contributed by atoms with Crippen molar-refractivity contribution in [3.8, 4) is 0 Å². The maximum Gasteiger partial charge on any atom is 0.411 e. The second-order valence-electron chi connectivity index (χ2n) is 4.86. The predicted molar refractivity (Wildman–Crippen MR) is 89.0 cm³/mol. The number of carbonyl (C=O) groups excluding carboxylic acids is 1. The van der Waals surface area contributed by atoms with Crippen LogP contribution in [0.25, 0.3) is 10.1 Å². The van der Waals surface area contributed by atoms with Gasteiger partial charge in [-0.1, -0.05) is 30.3 Å². The third-order valence-electron chi connectivity index (χ3n) is 3.19. The SMILES string of the molecule is O=C(Nc1ccc2sc(C(=O)O)cc2c1)OCc1ccccc1. The fourth-order valence-electron chi connectivity index (χ4n) is 2.10. The number of rotatable bonds is 4. The summed E-state index contributed by atoms with van der Waals surface area (Å²) in [6, 6.07) is 16.2. The summed E-state index contributed by atoms with van der Waals surface area (Å²) >= 11 is 1.20. The van der Waals surface area contributed by atoms with Crippen LogP contribution in [0.15, 0.2) is 54.6 Å². The zero-order valence-corrected chi connectivity index (χ0v) is 12.8. The van der Waals surface area contributed by atoms with Crippen LogP contribution in [0.2, 0.25) is 0 Å². The van der Waals surface area contributed by atoms with E-state index in [9.17, 15) is 9.59 Å². The molecule has 0 saturated carbocycles. The fraction of sp³-hybridized carbons (Fsp3) is 0.0588. The zero-order valence-electron chi connectivity index (χ0n) is 12.0. The van der Waals surface area contributed by atoms with Crippen molar-refractivity contribution in [3.05, 3.63) is 65.0 Å². The molecular formula is C17H13NO4S. The molecule has 1 aromatic heterocycles. The molecular weight excluding hydrogens is 314 g/mol. The molecule has 2 N–H and O–H groups in total. The van der Waals surface area contributed by atoms with E-state index in [2.05, 4.69) is 5.32 Å². The Morgan fingerprint density at radius 3 is 2.61 bits per heavy atom. The lowest BCUT2D eigenvalue weighted by molar-refractivity contribution is 0.0702. The first kappa shape index (κ1) is 15.1. The smallest absolute Gasteiger partial charge is 0.411 e. The summed E-state index contributed by atoms with van der Waals surface area (Å²) in [5.41, 5.74) is 1.47. The number of benzene rings is 2. The number of ether oxygens (including phenoxy) is 1. The van der Waals surface area contributed by atoms with E-state index >= 15 is 0 Å². The van der Waals surface area contributed by atoms with Crippen LogP contribution in [0.1, 0.15) is 15.2 Å². The van der Waals surface area contributed by atoms with E-state index in [4.69, 9.17) is 9.84 Å². The van der Waals surface area contributed by atoms with Crippen molar-refractivity contribution >= 4 is 39.2 Å². The molecule has 0 saturated heterocycles. The Balaban J connectivity index is 1.66. The summed E-state index contributed by atoms with van der Waals surface area (Å²) in [5, 5.41) is 12.4. The minimum atomic E-state index is -0.956. The van der Waals surface area contributed by atoms with Crippen LogP contribution in [0, 0.1) is 0 Å². The average Bonchev–Trinajstić information content (AvgIpc) is 2.97. The Labute approximate surface area is 136 Å². The molecule has 23 heavy (non-hydrogen) atoms. The van der Waals surface area contributed by atoms with Crippen molar-refractivity contribution in [2.24, 2.45) is 0 Å². The summed E-state index contributed by atoms with van der Waals surface area (Å²) in [5.74, 6) is -0.956. The highest BCUT2D eigenvalue weighted by Crippen LogP contribution is 2.28. The van der Waals surface area contributed by atoms with Gasteiger partial charge in [0.15, 0.2) is 0 Å². The molecule has 0 aliphatic rings. The van der Waals surface area contributed by atoms with Gasteiger partial charge >= 0.3 is 12.1 Å². The predicted octanol–water partition coefficient (Wildman–Crippen LogP) is 4.35. The normalized spacial score (nSPS) is 10.4. The lowest BCUT2D eigenvalue weighted by Crippen LogP contribution is -2.13. The highest BCUT2D eigenvalue weighted by atomic mass is 32.1. The van der Waals surface area contributed by atoms with Gasteiger partial charge in [-0.15, -0.1) is 11.3 Å². The van der Waals surface area contributed by atoms with Gasteiger partial charge in [0, 0.05) is 10.4 Å². The molecule has 3 aromatic rings. The second-order valence-corrected chi connectivity index (χ2v) is 5.94. The van der Waals surface area contributed by atoms with Gasteiger partial charge in [0.25, 0.3) is 0 Å². The van der Waals surface area contributed by atoms with Crippen LogP contribution in [-0.2, 0) is 11.3 Å². The van der Waals surface area contributed by atoms with E-state index in [-0.39, 0.29) is 11.5 Å². The van der Waals surface area contributed by atoms with Crippen molar-refractivity contribution in [1.82, 2.24) is 0 Å². The molecule has 0 fully saturated rings. The molecule has 0 aliphatic heterocycles. The Morgan fingerprint density at radius 2 is 1.87 bits per heavy atom. The van der Waals surface area contributed by atoms with Gasteiger partial charge in [-0.2, -0.15) is 0 Å². The van der Waals surface area contributed by atoms with E-state index in [0.29, 0.717) is 5.69 Å². The van der Waals surface area contributed by atoms with Crippen molar-refractivity contribution in [2.75, 3.05) is 5.32 Å². The van der Waals surface area contributed by atoms with Gasteiger partial charge in [-0.25, -0.2) is 9.59 Å². The van der Waals surface area contributed by atoms with Gasteiger partial charge in [-0.05, 0) is 35.2 Å². The number of hydrogen-bond donors (Lipinski definition) is 2. The number of nitrogens with one attached hydrogen (secondary N) is 1. The molecule has 6 heteroatoms. The summed E-state index contributed by atoms with van der Waals surface area (Å²) in [7, 11) is 0. The third kappa shape index (κ3) is 3.67. The molecule has 3 rings (SSSR count). The molecule has 0 spiro atoms. The standard InChI is InChI=1S/C17H13NO4S/c19-16(20)15-9-12-8-13(6-7-14(12)23-15)18-17(21)22-10-11-4-2-1-3-5-11/h1-9H,10H2,(H,18,21)(H,19,20). The molecule has 2 aromatic carbocycles. The van der Waals surface area contributed by atoms with Crippen LogP contribution in [0.3, 0.4) is 0 Å². The number of fused-ring (bicyclic) bond motifs is 1. The second kappa shape index (κ2) is 6.50. The first-order valence-electron chi connectivity index (χ1n) is 6.86. The van der Waals surface area contributed by atoms with Crippen molar-refractivity contribution < 1.29 is 19.4 Å².